The van der Waals surface area contributed by atoms with Gasteiger partial charge in [0.15, 0.2) is 0 Å². The Bertz CT molecular complexity index is 1760. The van der Waals surface area contributed by atoms with Crippen LogP contribution in [0.15, 0.2) is 120 Å². The zero-order valence-electron chi connectivity index (χ0n) is 17.8. The van der Waals surface area contributed by atoms with Crippen LogP contribution in [0.1, 0.15) is 0 Å². The summed E-state index contributed by atoms with van der Waals surface area (Å²) in [6.45, 7) is 0. The SMILES string of the molecule is c1ccc(-c2c3ccccc3c(-c3cccc4c3oc3ccccc34)c3ccccc23)nc1. The predicted molar refractivity (Wildman–Crippen MR) is 137 cm³/mol. The molecule has 2 heterocycles. The molecule has 0 N–H and O–H groups in total. The third kappa shape index (κ3) is 2.64. The molecular formula is C31H19NO. The number of benzene rings is 5. The average molecular weight is 421 g/mol. The number of rotatable bonds is 2. The van der Waals surface area contributed by atoms with Gasteiger partial charge in [-0.3, -0.25) is 4.98 Å². The Morgan fingerprint density at radius 1 is 0.455 bits per heavy atom. The molecule has 7 rings (SSSR count). The van der Waals surface area contributed by atoms with E-state index in [1.54, 1.807) is 0 Å². The van der Waals surface area contributed by atoms with Gasteiger partial charge in [0.1, 0.15) is 11.2 Å². The summed E-state index contributed by atoms with van der Waals surface area (Å²) in [5.74, 6) is 0. The number of hydrogen-bond donors (Lipinski definition) is 0. The summed E-state index contributed by atoms with van der Waals surface area (Å²) in [4.78, 5) is 4.71. The molecule has 0 aliphatic heterocycles. The predicted octanol–water partition coefficient (Wildman–Crippen LogP) is 8.62. The number of para-hydroxylation sites is 2. The fourth-order valence-electron chi connectivity index (χ4n) is 5.15. The van der Waals surface area contributed by atoms with E-state index in [1.807, 2.05) is 24.4 Å². The van der Waals surface area contributed by atoms with Crippen LogP contribution in [0.3, 0.4) is 0 Å². The molecule has 5 aromatic carbocycles. The third-order valence-electron chi connectivity index (χ3n) is 6.53. The number of hydrogen-bond acceptors (Lipinski definition) is 2. The number of aromatic nitrogens is 1. The van der Waals surface area contributed by atoms with Gasteiger partial charge in [-0.2, -0.15) is 0 Å². The highest BCUT2D eigenvalue weighted by molar-refractivity contribution is 6.23. The summed E-state index contributed by atoms with van der Waals surface area (Å²) in [6.07, 6.45) is 1.86. The van der Waals surface area contributed by atoms with Crippen LogP contribution in [0.5, 0.6) is 0 Å². The lowest BCUT2D eigenvalue weighted by Gasteiger charge is -2.17. The molecule has 0 spiro atoms. The van der Waals surface area contributed by atoms with Crippen molar-refractivity contribution in [3.05, 3.63) is 115 Å². The smallest absolute Gasteiger partial charge is 0.143 e. The molecule has 0 aliphatic carbocycles. The van der Waals surface area contributed by atoms with E-state index < -0.39 is 0 Å². The van der Waals surface area contributed by atoms with Gasteiger partial charge in [0.05, 0.1) is 5.69 Å². The minimum atomic E-state index is 0.915. The molecule has 0 aliphatic rings. The summed E-state index contributed by atoms with van der Waals surface area (Å²) >= 11 is 0. The molecule has 0 saturated heterocycles. The van der Waals surface area contributed by atoms with Crippen LogP contribution in [0.4, 0.5) is 0 Å². The van der Waals surface area contributed by atoms with Gasteiger partial charge in [0.25, 0.3) is 0 Å². The van der Waals surface area contributed by atoms with Crippen molar-refractivity contribution in [3.63, 3.8) is 0 Å². The fraction of sp³-hybridized carbons (Fsp3) is 0. The van der Waals surface area contributed by atoms with E-state index in [2.05, 4.69) is 91.0 Å². The highest BCUT2D eigenvalue weighted by Gasteiger charge is 2.20. The van der Waals surface area contributed by atoms with E-state index in [4.69, 9.17) is 9.40 Å². The highest BCUT2D eigenvalue weighted by Crippen LogP contribution is 2.45. The number of pyridine rings is 1. The van der Waals surface area contributed by atoms with Crippen molar-refractivity contribution in [1.82, 2.24) is 4.98 Å². The molecule has 33 heavy (non-hydrogen) atoms. The van der Waals surface area contributed by atoms with Crippen molar-refractivity contribution in [3.8, 4) is 22.4 Å². The fourth-order valence-corrected chi connectivity index (χ4v) is 5.15. The Morgan fingerprint density at radius 2 is 1.03 bits per heavy atom. The summed E-state index contributed by atoms with van der Waals surface area (Å²) in [6, 6.07) is 38.1. The molecule has 2 nitrogen and oxygen atoms in total. The Hall–Kier alpha value is -4.43. The molecule has 7 aromatic rings. The Morgan fingerprint density at radius 3 is 1.70 bits per heavy atom. The average Bonchev–Trinajstić information content (AvgIpc) is 3.27. The highest BCUT2D eigenvalue weighted by atomic mass is 16.3. The Balaban J connectivity index is 1.69. The first-order valence-corrected chi connectivity index (χ1v) is 11.2. The molecule has 0 bridgehead atoms. The summed E-state index contributed by atoms with van der Waals surface area (Å²) in [5, 5.41) is 7.07. The van der Waals surface area contributed by atoms with Gasteiger partial charge in [-0.25, -0.2) is 0 Å². The molecule has 0 fully saturated rings. The van der Waals surface area contributed by atoms with Crippen LogP contribution < -0.4 is 0 Å². The standard InChI is InChI=1S/C31H19NO/c1-3-13-23-21(11-1)29(22-12-2-4-14-24(22)30(23)27-17-7-8-19-32-27)26-16-9-15-25-20-10-5-6-18-28(20)33-31(25)26/h1-19H. The first-order valence-electron chi connectivity index (χ1n) is 11.2. The summed E-state index contributed by atoms with van der Waals surface area (Å²) in [5.41, 5.74) is 6.31. The molecule has 154 valence electrons. The lowest BCUT2D eigenvalue weighted by atomic mass is 9.87. The molecule has 0 amide bonds. The molecule has 0 saturated carbocycles. The molecule has 2 aromatic heterocycles. The van der Waals surface area contributed by atoms with Crippen molar-refractivity contribution in [2.45, 2.75) is 0 Å². The van der Waals surface area contributed by atoms with E-state index in [1.165, 1.54) is 32.7 Å². The van der Waals surface area contributed by atoms with Crippen molar-refractivity contribution < 1.29 is 4.42 Å². The van der Waals surface area contributed by atoms with Crippen molar-refractivity contribution in [2.24, 2.45) is 0 Å². The molecule has 2 heteroatoms. The largest absolute Gasteiger partial charge is 0.455 e. The maximum absolute atomic E-state index is 6.44. The Kier molecular flexibility index (Phi) is 3.88. The zero-order valence-corrected chi connectivity index (χ0v) is 17.8. The monoisotopic (exact) mass is 421 g/mol. The van der Waals surface area contributed by atoms with Gasteiger partial charge in [-0.05, 0) is 39.7 Å². The van der Waals surface area contributed by atoms with Crippen LogP contribution in [0, 0.1) is 0 Å². The lowest BCUT2D eigenvalue weighted by Crippen LogP contribution is -1.92. The van der Waals surface area contributed by atoms with E-state index >= 15 is 0 Å². The molecule has 0 radical (unpaired) electrons. The normalized spacial score (nSPS) is 11.6. The summed E-state index contributed by atoms with van der Waals surface area (Å²) < 4.78 is 6.44. The Labute approximate surface area is 190 Å². The van der Waals surface area contributed by atoms with Crippen LogP contribution in [0.25, 0.3) is 65.9 Å². The minimum Gasteiger partial charge on any atom is -0.455 e. The van der Waals surface area contributed by atoms with E-state index in [9.17, 15) is 0 Å². The number of fused-ring (bicyclic) bond motifs is 5. The van der Waals surface area contributed by atoms with Gasteiger partial charge in [0.2, 0.25) is 0 Å². The second kappa shape index (κ2) is 7.04. The van der Waals surface area contributed by atoms with Crippen molar-refractivity contribution >= 4 is 43.5 Å². The van der Waals surface area contributed by atoms with E-state index in [0.29, 0.717) is 0 Å². The number of nitrogens with zero attached hydrogens (tertiary/aromatic N) is 1. The van der Waals surface area contributed by atoms with E-state index in [-0.39, 0.29) is 0 Å². The van der Waals surface area contributed by atoms with Crippen LogP contribution in [0.2, 0.25) is 0 Å². The quantitative estimate of drug-likeness (QED) is 0.261. The number of furan rings is 1. The van der Waals surface area contributed by atoms with Gasteiger partial charge in [-0.15, -0.1) is 0 Å². The first-order chi connectivity index (χ1) is 16.4. The van der Waals surface area contributed by atoms with Gasteiger partial charge in [-0.1, -0.05) is 91.0 Å². The van der Waals surface area contributed by atoms with Crippen LogP contribution >= 0.6 is 0 Å². The third-order valence-corrected chi connectivity index (χ3v) is 6.53. The van der Waals surface area contributed by atoms with E-state index in [0.717, 1.165) is 33.2 Å². The maximum Gasteiger partial charge on any atom is 0.143 e. The second-order valence-corrected chi connectivity index (χ2v) is 8.34. The topological polar surface area (TPSA) is 26.0 Å². The van der Waals surface area contributed by atoms with Crippen LogP contribution in [-0.2, 0) is 0 Å². The second-order valence-electron chi connectivity index (χ2n) is 8.34. The van der Waals surface area contributed by atoms with Crippen molar-refractivity contribution in [1.29, 1.82) is 0 Å². The lowest BCUT2D eigenvalue weighted by molar-refractivity contribution is 0.670. The zero-order chi connectivity index (χ0) is 21.8. The van der Waals surface area contributed by atoms with Gasteiger partial charge >= 0.3 is 0 Å². The maximum atomic E-state index is 6.44. The molecule has 0 unspecified atom stereocenters. The molecule has 0 atom stereocenters. The first kappa shape index (κ1) is 18.2. The van der Waals surface area contributed by atoms with Crippen LogP contribution in [-0.4, -0.2) is 4.98 Å². The van der Waals surface area contributed by atoms with Gasteiger partial charge in [0, 0.05) is 33.7 Å². The van der Waals surface area contributed by atoms with Gasteiger partial charge < -0.3 is 4.42 Å². The summed E-state index contributed by atoms with van der Waals surface area (Å²) in [7, 11) is 0. The molecular weight excluding hydrogens is 402 g/mol. The minimum absolute atomic E-state index is 0.915. The van der Waals surface area contributed by atoms with Crippen molar-refractivity contribution in [2.75, 3.05) is 0 Å².